The second kappa shape index (κ2) is 4.69. The number of halogens is 2. The fourth-order valence-electron chi connectivity index (χ4n) is 3.35. The van der Waals surface area contributed by atoms with Crippen LogP contribution in [0.4, 0.5) is 10.1 Å². The van der Waals surface area contributed by atoms with E-state index >= 15 is 0 Å². The zero-order chi connectivity index (χ0) is 12.7. The number of benzene rings is 1. The fourth-order valence-corrected chi connectivity index (χ4v) is 3.73. The second-order valence-corrected chi connectivity index (χ2v) is 6.36. The highest BCUT2D eigenvalue weighted by molar-refractivity contribution is 9.10. The van der Waals surface area contributed by atoms with Gasteiger partial charge in [-0.1, -0.05) is 12.2 Å². The van der Waals surface area contributed by atoms with Crippen molar-refractivity contribution in [1.82, 2.24) is 0 Å². The molecule has 2 aliphatic carbocycles. The Bertz CT molecular complexity index is 485. The van der Waals surface area contributed by atoms with Crippen LogP contribution in [-0.2, 0) is 0 Å². The van der Waals surface area contributed by atoms with Crippen LogP contribution in [0.2, 0.25) is 0 Å². The topological polar surface area (TPSA) is 12.0 Å². The maximum atomic E-state index is 13.2. The molecule has 4 unspecified atom stereocenters. The van der Waals surface area contributed by atoms with E-state index in [0.717, 1.165) is 17.5 Å². The first kappa shape index (κ1) is 12.2. The van der Waals surface area contributed by atoms with Crippen molar-refractivity contribution in [3.05, 3.63) is 40.6 Å². The number of nitrogens with one attached hydrogen (secondary N) is 1. The summed E-state index contributed by atoms with van der Waals surface area (Å²) < 4.78 is 13.7. The average molecular weight is 310 g/mol. The number of hydrogen-bond donors (Lipinski definition) is 1. The lowest BCUT2D eigenvalue weighted by Gasteiger charge is -2.27. The zero-order valence-electron chi connectivity index (χ0n) is 10.4. The van der Waals surface area contributed by atoms with Gasteiger partial charge in [0.15, 0.2) is 0 Å². The smallest absolute Gasteiger partial charge is 0.137 e. The predicted octanol–water partition coefficient (Wildman–Crippen LogP) is 4.60. The summed E-state index contributed by atoms with van der Waals surface area (Å²) in [6, 6.07) is 5.55. The Kier molecular flexibility index (Phi) is 3.18. The van der Waals surface area contributed by atoms with E-state index in [9.17, 15) is 4.39 Å². The van der Waals surface area contributed by atoms with Gasteiger partial charge in [-0.2, -0.15) is 0 Å². The van der Waals surface area contributed by atoms with Gasteiger partial charge < -0.3 is 5.32 Å². The molecule has 1 aromatic rings. The van der Waals surface area contributed by atoms with Crippen molar-refractivity contribution in [2.45, 2.75) is 25.8 Å². The Balaban J connectivity index is 1.69. The molecule has 3 rings (SSSR count). The molecule has 3 heteroatoms. The summed E-state index contributed by atoms with van der Waals surface area (Å²) in [5.74, 6) is 2.03. The SMILES string of the molecule is CC(Nc1ccc(F)c(Br)c1)C1CC2C=CC1C2. The standard InChI is InChI=1S/C15H17BrFN/c1-9(13-7-10-2-3-11(13)6-10)18-12-4-5-15(17)14(16)8-12/h2-5,8-11,13,18H,6-7H2,1H3. The van der Waals surface area contributed by atoms with Crippen LogP contribution in [0.15, 0.2) is 34.8 Å². The highest BCUT2D eigenvalue weighted by Crippen LogP contribution is 2.45. The summed E-state index contributed by atoms with van der Waals surface area (Å²) >= 11 is 3.23. The molecule has 18 heavy (non-hydrogen) atoms. The highest BCUT2D eigenvalue weighted by atomic mass is 79.9. The first-order valence-electron chi connectivity index (χ1n) is 6.53. The van der Waals surface area contributed by atoms with Crippen molar-refractivity contribution in [2.24, 2.45) is 17.8 Å². The number of allylic oxidation sites excluding steroid dienone is 2. The van der Waals surface area contributed by atoms with Gasteiger partial charge in [-0.15, -0.1) is 0 Å². The van der Waals surface area contributed by atoms with Crippen LogP contribution in [-0.4, -0.2) is 6.04 Å². The van der Waals surface area contributed by atoms with E-state index in [1.807, 2.05) is 6.07 Å². The van der Waals surface area contributed by atoms with Crippen LogP contribution < -0.4 is 5.32 Å². The quantitative estimate of drug-likeness (QED) is 0.805. The summed E-state index contributed by atoms with van der Waals surface area (Å²) in [5, 5.41) is 3.51. The largest absolute Gasteiger partial charge is 0.382 e. The van der Waals surface area contributed by atoms with Crippen LogP contribution >= 0.6 is 15.9 Å². The molecule has 0 aliphatic heterocycles. The van der Waals surface area contributed by atoms with Crippen molar-refractivity contribution in [1.29, 1.82) is 0 Å². The number of anilines is 1. The first-order valence-corrected chi connectivity index (χ1v) is 7.32. The van der Waals surface area contributed by atoms with E-state index in [1.54, 1.807) is 6.07 Å². The zero-order valence-corrected chi connectivity index (χ0v) is 12.0. The lowest BCUT2D eigenvalue weighted by molar-refractivity contribution is 0.400. The van der Waals surface area contributed by atoms with Gasteiger partial charge in [0.2, 0.25) is 0 Å². The minimum Gasteiger partial charge on any atom is -0.382 e. The fraction of sp³-hybridized carbons (Fsp3) is 0.467. The van der Waals surface area contributed by atoms with Gasteiger partial charge in [-0.3, -0.25) is 0 Å². The molecule has 1 saturated carbocycles. The van der Waals surface area contributed by atoms with Crippen molar-refractivity contribution < 1.29 is 4.39 Å². The van der Waals surface area contributed by atoms with Gasteiger partial charge in [0.05, 0.1) is 4.47 Å². The Labute approximate surface area is 116 Å². The molecule has 0 saturated heterocycles. The van der Waals surface area contributed by atoms with Gasteiger partial charge in [-0.25, -0.2) is 4.39 Å². The van der Waals surface area contributed by atoms with E-state index in [0.29, 0.717) is 16.4 Å². The lowest BCUT2D eigenvalue weighted by Crippen LogP contribution is -2.28. The van der Waals surface area contributed by atoms with E-state index in [4.69, 9.17) is 0 Å². The number of hydrogen-bond acceptors (Lipinski definition) is 1. The van der Waals surface area contributed by atoms with Gasteiger partial charge in [-0.05, 0) is 71.6 Å². The molecule has 1 nitrogen and oxygen atoms in total. The molecular weight excluding hydrogens is 293 g/mol. The minimum atomic E-state index is -0.212. The molecule has 0 amide bonds. The van der Waals surface area contributed by atoms with Crippen molar-refractivity contribution in [2.75, 3.05) is 5.32 Å². The van der Waals surface area contributed by atoms with E-state index < -0.39 is 0 Å². The normalized spacial score (nSPS) is 30.7. The van der Waals surface area contributed by atoms with Crippen LogP contribution in [0.1, 0.15) is 19.8 Å². The molecule has 1 N–H and O–H groups in total. The van der Waals surface area contributed by atoms with Crippen LogP contribution in [0, 0.1) is 23.6 Å². The summed E-state index contributed by atoms with van der Waals surface area (Å²) in [4.78, 5) is 0. The van der Waals surface area contributed by atoms with Crippen LogP contribution in [0.25, 0.3) is 0 Å². The third kappa shape index (κ3) is 2.20. The van der Waals surface area contributed by atoms with E-state index in [1.165, 1.54) is 18.9 Å². The molecule has 0 heterocycles. The second-order valence-electron chi connectivity index (χ2n) is 5.51. The van der Waals surface area contributed by atoms with Gasteiger partial charge in [0, 0.05) is 11.7 Å². The van der Waals surface area contributed by atoms with Gasteiger partial charge in [0.25, 0.3) is 0 Å². The Hall–Kier alpha value is -0.830. The third-order valence-corrected chi connectivity index (χ3v) is 4.89. The van der Waals surface area contributed by atoms with E-state index in [2.05, 4.69) is 40.3 Å². The Morgan fingerprint density at radius 2 is 2.17 bits per heavy atom. The van der Waals surface area contributed by atoms with Crippen LogP contribution in [0.5, 0.6) is 0 Å². The average Bonchev–Trinajstić information content (AvgIpc) is 2.96. The highest BCUT2D eigenvalue weighted by Gasteiger charge is 2.38. The summed E-state index contributed by atoms with van der Waals surface area (Å²) in [5.41, 5.74) is 0.988. The molecule has 2 aliphatic rings. The predicted molar refractivity (Wildman–Crippen MR) is 76.0 cm³/mol. The maximum absolute atomic E-state index is 13.2. The molecule has 0 radical (unpaired) electrons. The van der Waals surface area contributed by atoms with Crippen molar-refractivity contribution in [3.8, 4) is 0 Å². The minimum absolute atomic E-state index is 0.212. The number of fused-ring (bicyclic) bond motifs is 2. The molecule has 0 spiro atoms. The summed E-state index contributed by atoms with van der Waals surface area (Å²) in [6.07, 6.45) is 7.35. The van der Waals surface area contributed by atoms with Crippen molar-refractivity contribution in [3.63, 3.8) is 0 Å². The van der Waals surface area contributed by atoms with Gasteiger partial charge >= 0.3 is 0 Å². The molecule has 2 bridgehead atoms. The monoisotopic (exact) mass is 309 g/mol. The molecule has 96 valence electrons. The molecule has 4 atom stereocenters. The van der Waals surface area contributed by atoms with Crippen LogP contribution in [0.3, 0.4) is 0 Å². The number of rotatable bonds is 3. The Morgan fingerprint density at radius 3 is 2.78 bits per heavy atom. The molecule has 1 fully saturated rings. The molecule has 0 aromatic heterocycles. The lowest BCUT2D eigenvalue weighted by atomic mass is 9.87. The molecule has 1 aromatic carbocycles. The maximum Gasteiger partial charge on any atom is 0.137 e. The first-order chi connectivity index (χ1) is 8.63. The third-order valence-electron chi connectivity index (χ3n) is 4.29. The van der Waals surface area contributed by atoms with Gasteiger partial charge in [0.1, 0.15) is 5.82 Å². The van der Waals surface area contributed by atoms with E-state index in [-0.39, 0.29) is 5.82 Å². The summed E-state index contributed by atoms with van der Waals surface area (Å²) in [7, 11) is 0. The summed E-state index contributed by atoms with van der Waals surface area (Å²) in [6.45, 7) is 2.23. The van der Waals surface area contributed by atoms with Crippen molar-refractivity contribution >= 4 is 21.6 Å². The Morgan fingerprint density at radius 1 is 1.33 bits per heavy atom. The molecular formula is C15H17BrFN.